The average Bonchev–Trinajstić information content (AvgIpc) is 2.78. The smallest absolute Gasteiger partial charge is 0.0116 e. The SMILES string of the molecule is CSC1CCC2C3=C(C12)C1C3C2C3=C(C4C5CCC5C34)C12. The molecule has 0 aliphatic heterocycles. The highest BCUT2D eigenvalue weighted by Gasteiger charge is 2.81. The van der Waals surface area contributed by atoms with Crippen LogP contribution in [0.4, 0.5) is 0 Å². The van der Waals surface area contributed by atoms with Crippen LogP contribution in [0.25, 0.3) is 0 Å². The van der Waals surface area contributed by atoms with E-state index in [0.717, 1.165) is 52.6 Å². The molecule has 8 rings (SSSR count). The Morgan fingerprint density at radius 1 is 0.619 bits per heavy atom. The minimum atomic E-state index is 0.996. The largest absolute Gasteiger partial charge is 0.161 e. The molecule has 1 heteroatoms. The van der Waals surface area contributed by atoms with Gasteiger partial charge in [0, 0.05) is 5.25 Å². The molecule has 0 aromatic carbocycles. The fraction of sp³-hybridized carbons (Fsp3) is 0.800. The van der Waals surface area contributed by atoms with Crippen molar-refractivity contribution < 1.29 is 0 Å². The van der Waals surface area contributed by atoms with Crippen molar-refractivity contribution in [3.8, 4) is 0 Å². The zero-order valence-corrected chi connectivity index (χ0v) is 13.4. The first-order valence-corrected chi connectivity index (χ1v) is 10.7. The van der Waals surface area contributed by atoms with Crippen molar-refractivity contribution in [2.75, 3.05) is 6.26 Å². The minimum Gasteiger partial charge on any atom is -0.161 e. The van der Waals surface area contributed by atoms with Crippen molar-refractivity contribution in [2.45, 2.75) is 30.9 Å². The molecule has 0 heterocycles. The van der Waals surface area contributed by atoms with Crippen LogP contribution in [0, 0.1) is 59.2 Å². The normalized spacial score (nSPS) is 68.7. The van der Waals surface area contributed by atoms with E-state index in [-0.39, 0.29) is 0 Å². The Balaban J connectivity index is 1.18. The van der Waals surface area contributed by atoms with Crippen LogP contribution in [0.5, 0.6) is 0 Å². The second-order valence-electron chi connectivity index (χ2n) is 9.36. The van der Waals surface area contributed by atoms with Crippen LogP contribution in [0.1, 0.15) is 25.7 Å². The molecule has 4 saturated carbocycles. The number of rotatable bonds is 1. The molecule has 4 fully saturated rings. The number of fused-ring (bicyclic) bond motifs is 17. The van der Waals surface area contributed by atoms with Crippen LogP contribution < -0.4 is 0 Å². The maximum Gasteiger partial charge on any atom is 0.0116 e. The van der Waals surface area contributed by atoms with Gasteiger partial charge < -0.3 is 0 Å². The lowest BCUT2D eigenvalue weighted by molar-refractivity contribution is -0.172. The van der Waals surface area contributed by atoms with Gasteiger partial charge in [0.2, 0.25) is 0 Å². The fourth-order valence-electron chi connectivity index (χ4n) is 9.06. The third-order valence-corrected chi connectivity index (χ3v) is 10.9. The van der Waals surface area contributed by atoms with E-state index >= 15 is 0 Å². The van der Waals surface area contributed by atoms with E-state index in [9.17, 15) is 0 Å². The van der Waals surface area contributed by atoms with Gasteiger partial charge in [-0.25, -0.2) is 0 Å². The minimum absolute atomic E-state index is 0.996. The molecular weight excluding hydrogens is 272 g/mol. The summed E-state index contributed by atoms with van der Waals surface area (Å²) in [5.74, 6) is 11.2. The highest BCUT2D eigenvalue weighted by atomic mass is 32.2. The summed E-state index contributed by atoms with van der Waals surface area (Å²) >= 11 is 2.17. The van der Waals surface area contributed by atoms with Crippen molar-refractivity contribution in [3.05, 3.63) is 22.3 Å². The van der Waals surface area contributed by atoms with Gasteiger partial charge in [-0.3, -0.25) is 0 Å². The van der Waals surface area contributed by atoms with E-state index in [1.54, 1.807) is 12.8 Å². The first-order valence-electron chi connectivity index (χ1n) is 9.42. The highest BCUT2D eigenvalue weighted by Crippen LogP contribution is 2.88. The molecule has 0 amide bonds. The molecule has 8 aliphatic rings. The summed E-state index contributed by atoms with van der Waals surface area (Å²) < 4.78 is 0. The summed E-state index contributed by atoms with van der Waals surface area (Å²) in [4.78, 5) is 0. The first-order chi connectivity index (χ1) is 10.4. The zero-order valence-electron chi connectivity index (χ0n) is 12.6. The Labute approximate surface area is 130 Å². The molecule has 0 nitrogen and oxygen atoms in total. The summed E-state index contributed by atoms with van der Waals surface area (Å²) in [6, 6.07) is 0. The van der Waals surface area contributed by atoms with Crippen molar-refractivity contribution in [1.29, 1.82) is 0 Å². The van der Waals surface area contributed by atoms with Crippen LogP contribution in [-0.4, -0.2) is 11.5 Å². The maximum atomic E-state index is 2.36. The third-order valence-electron chi connectivity index (χ3n) is 9.72. The second-order valence-corrected chi connectivity index (χ2v) is 10.4. The number of hydrogen-bond acceptors (Lipinski definition) is 1. The molecule has 0 aromatic heterocycles. The summed E-state index contributed by atoms with van der Waals surface area (Å²) in [6.45, 7) is 0. The summed E-state index contributed by atoms with van der Waals surface area (Å²) in [7, 11) is 0. The molecule has 108 valence electrons. The van der Waals surface area contributed by atoms with Crippen LogP contribution in [-0.2, 0) is 0 Å². The monoisotopic (exact) mass is 294 g/mol. The van der Waals surface area contributed by atoms with Gasteiger partial charge in [-0.1, -0.05) is 22.3 Å². The molecule has 0 aromatic rings. The van der Waals surface area contributed by atoms with Crippen molar-refractivity contribution in [3.63, 3.8) is 0 Å². The molecule has 0 N–H and O–H groups in total. The van der Waals surface area contributed by atoms with Gasteiger partial charge in [-0.15, -0.1) is 0 Å². The highest BCUT2D eigenvalue weighted by molar-refractivity contribution is 7.99. The van der Waals surface area contributed by atoms with Crippen LogP contribution >= 0.6 is 11.8 Å². The molecular formula is C20H22S. The lowest BCUT2D eigenvalue weighted by atomic mass is 9.20. The lowest BCUT2D eigenvalue weighted by Gasteiger charge is -2.83. The van der Waals surface area contributed by atoms with Gasteiger partial charge >= 0.3 is 0 Å². The Morgan fingerprint density at radius 3 is 1.76 bits per heavy atom. The van der Waals surface area contributed by atoms with Crippen LogP contribution in [0.15, 0.2) is 22.3 Å². The molecule has 11 atom stereocenters. The molecule has 21 heavy (non-hydrogen) atoms. The van der Waals surface area contributed by atoms with E-state index in [1.165, 1.54) is 24.7 Å². The summed E-state index contributed by atoms with van der Waals surface area (Å²) in [6.07, 6.45) is 8.58. The Kier molecular flexibility index (Phi) is 1.43. The van der Waals surface area contributed by atoms with Gasteiger partial charge in [0.25, 0.3) is 0 Å². The fourth-order valence-corrected chi connectivity index (χ4v) is 10.1. The number of allylic oxidation sites excluding steroid dienone is 4. The molecule has 0 spiro atoms. The lowest BCUT2D eigenvalue weighted by Crippen LogP contribution is -2.76. The maximum absolute atomic E-state index is 2.36. The van der Waals surface area contributed by atoms with Crippen LogP contribution in [0.2, 0.25) is 0 Å². The second kappa shape index (κ2) is 2.83. The van der Waals surface area contributed by atoms with Gasteiger partial charge in [0.15, 0.2) is 0 Å². The zero-order chi connectivity index (χ0) is 13.2. The van der Waals surface area contributed by atoms with Gasteiger partial charge in [0.1, 0.15) is 0 Å². The van der Waals surface area contributed by atoms with E-state index < -0.39 is 0 Å². The predicted octanol–water partition coefficient (Wildman–Crippen LogP) is 4.14. The predicted molar refractivity (Wildman–Crippen MR) is 84.7 cm³/mol. The third kappa shape index (κ3) is 0.748. The van der Waals surface area contributed by atoms with E-state index in [0.29, 0.717) is 0 Å². The Morgan fingerprint density at radius 2 is 1.19 bits per heavy atom. The number of hydrogen-bond donors (Lipinski definition) is 0. The average molecular weight is 294 g/mol. The molecule has 11 unspecified atom stereocenters. The standard InChI is InChI=1S/C20H22S/c1-21-9-5-4-8-10(9)14-13(8)17-18(14)20-16-12-7-3-2-6(7)11(12)15(16)19(17)20/h6-12,17-20H,2-5H2,1H3. The van der Waals surface area contributed by atoms with E-state index in [2.05, 4.69) is 29.2 Å². The molecule has 0 radical (unpaired) electrons. The van der Waals surface area contributed by atoms with Crippen molar-refractivity contribution in [1.82, 2.24) is 0 Å². The van der Waals surface area contributed by atoms with Gasteiger partial charge in [-0.2, -0.15) is 11.8 Å². The van der Waals surface area contributed by atoms with Crippen molar-refractivity contribution in [2.24, 2.45) is 59.2 Å². The molecule has 8 aliphatic carbocycles. The number of thioether (sulfide) groups is 1. The Bertz CT molecular complexity index is 699. The van der Waals surface area contributed by atoms with Gasteiger partial charge in [0.05, 0.1) is 0 Å². The van der Waals surface area contributed by atoms with Gasteiger partial charge in [-0.05, 0) is 91.1 Å². The summed E-state index contributed by atoms with van der Waals surface area (Å²) in [5.41, 5.74) is 8.23. The quantitative estimate of drug-likeness (QED) is 0.517. The van der Waals surface area contributed by atoms with E-state index in [1.807, 2.05) is 11.1 Å². The topological polar surface area (TPSA) is 0 Å². The first kappa shape index (κ1) is 10.6. The Hall–Kier alpha value is -0.170. The molecule has 0 bridgehead atoms. The molecule has 0 saturated heterocycles. The summed E-state index contributed by atoms with van der Waals surface area (Å²) in [5, 5.41) is 0.996. The van der Waals surface area contributed by atoms with Crippen LogP contribution in [0.3, 0.4) is 0 Å². The van der Waals surface area contributed by atoms with Crippen molar-refractivity contribution >= 4 is 11.8 Å². The van der Waals surface area contributed by atoms with E-state index in [4.69, 9.17) is 0 Å².